The number of hydrogen-bond donors (Lipinski definition) is 2. The number of nitrogens with one attached hydrogen (secondary N) is 2. The van der Waals surface area contributed by atoms with Gasteiger partial charge in [0.1, 0.15) is 5.65 Å². The van der Waals surface area contributed by atoms with Gasteiger partial charge in [0.15, 0.2) is 0 Å². The number of pyridine rings is 2. The second-order valence-electron chi connectivity index (χ2n) is 8.41. The summed E-state index contributed by atoms with van der Waals surface area (Å²) in [6.45, 7) is 6.15. The molecule has 6 nitrogen and oxygen atoms in total. The van der Waals surface area contributed by atoms with E-state index in [-0.39, 0.29) is 11.5 Å². The minimum atomic E-state index is -0.250. The van der Waals surface area contributed by atoms with Crippen molar-refractivity contribution in [2.24, 2.45) is 5.92 Å². The highest BCUT2D eigenvalue weighted by Gasteiger charge is 2.23. The third-order valence-electron chi connectivity index (χ3n) is 5.91. The summed E-state index contributed by atoms with van der Waals surface area (Å²) in [5.74, 6) is 0.368. The van der Waals surface area contributed by atoms with Gasteiger partial charge in [0, 0.05) is 58.5 Å². The van der Waals surface area contributed by atoms with Crippen molar-refractivity contribution in [3.8, 4) is 22.3 Å². The molecule has 1 aliphatic carbocycles. The first-order chi connectivity index (χ1) is 15.5. The van der Waals surface area contributed by atoms with E-state index in [1.807, 2.05) is 60.4 Å². The topological polar surface area (TPSA) is 79.8 Å². The van der Waals surface area contributed by atoms with Crippen LogP contribution in [0.25, 0.3) is 33.3 Å². The van der Waals surface area contributed by atoms with Gasteiger partial charge in [-0.1, -0.05) is 18.7 Å². The third kappa shape index (κ3) is 3.87. The van der Waals surface area contributed by atoms with Crippen LogP contribution in [0.2, 0.25) is 0 Å². The van der Waals surface area contributed by atoms with Crippen molar-refractivity contribution in [2.45, 2.75) is 26.3 Å². The summed E-state index contributed by atoms with van der Waals surface area (Å²) in [5.41, 5.74) is 6.21. The maximum absolute atomic E-state index is 12.6. The first kappa shape index (κ1) is 20.0. The summed E-state index contributed by atoms with van der Waals surface area (Å²) < 4.78 is 1.85. The van der Waals surface area contributed by atoms with Crippen molar-refractivity contribution in [3.63, 3.8) is 0 Å². The van der Waals surface area contributed by atoms with Gasteiger partial charge in [-0.15, -0.1) is 0 Å². The van der Waals surface area contributed by atoms with Gasteiger partial charge < -0.3 is 14.9 Å². The predicted octanol–water partition coefficient (Wildman–Crippen LogP) is 4.90. The molecule has 1 aliphatic rings. The van der Waals surface area contributed by atoms with Gasteiger partial charge >= 0.3 is 0 Å². The molecule has 32 heavy (non-hydrogen) atoms. The predicted molar refractivity (Wildman–Crippen MR) is 128 cm³/mol. The average molecular weight is 425 g/mol. The van der Waals surface area contributed by atoms with Crippen molar-refractivity contribution < 1.29 is 4.79 Å². The summed E-state index contributed by atoms with van der Waals surface area (Å²) in [4.78, 5) is 32.1. The Labute approximate surface area is 185 Å². The molecule has 0 unspecified atom stereocenters. The van der Waals surface area contributed by atoms with E-state index in [2.05, 4.69) is 27.9 Å². The Hall–Kier alpha value is -3.93. The third-order valence-corrected chi connectivity index (χ3v) is 5.91. The van der Waals surface area contributed by atoms with E-state index in [0.717, 1.165) is 45.4 Å². The number of carbonyl (C=O) groups excluding carboxylic acids is 1. The van der Waals surface area contributed by atoms with Gasteiger partial charge in [0.05, 0.1) is 0 Å². The molecule has 0 saturated heterocycles. The zero-order valence-electron chi connectivity index (χ0n) is 17.9. The lowest BCUT2D eigenvalue weighted by molar-refractivity contribution is -0.111. The van der Waals surface area contributed by atoms with Crippen LogP contribution in [0.5, 0.6) is 0 Å². The molecule has 0 spiro atoms. The molecular weight excluding hydrogens is 400 g/mol. The second kappa shape index (κ2) is 7.96. The molecule has 3 aromatic heterocycles. The lowest BCUT2D eigenvalue weighted by atomic mass is 10.0. The van der Waals surface area contributed by atoms with E-state index in [4.69, 9.17) is 0 Å². The van der Waals surface area contributed by atoms with Crippen LogP contribution in [-0.2, 0) is 11.3 Å². The molecule has 1 saturated carbocycles. The molecule has 1 aromatic carbocycles. The first-order valence-corrected chi connectivity index (χ1v) is 10.7. The molecule has 5 rings (SSSR count). The summed E-state index contributed by atoms with van der Waals surface area (Å²) in [7, 11) is 0. The maximum atomic E-state index is 12.6. The number of aryl methyl sites for hydroxylation is 1. The molecule has 6 heteroatoms. The van der Waals surface area contributed by atoms with Gasteiger partial charge in [-0.2, -0.15) is 0 Å². The summed E-state index contributed by atoms with van der Waals surface area (Å²) >= 11 is 0. The summed E-state index contributed by atoms with van der Waals surface area (Å²) in [5, 5.41) is 3.78. The lowest BCUT2D eigenvalue weighted by Gasteiger charge is -2.10. The zero-order valence-corrected chi connectivity index (χ0v) is 17.9. The number of nitrogens with zero attached hydrogens (tertiary/aromatic N) is 2. The first-order valence-electron chi connectivity index (χ1n) is 10.7. The Kier molecular flexibility index (Phi) is 4.98. The maximum Gasteiger partial charge on any atom is 0.253 e. The molecule has 0 aliphatic heterocycles. The molecule has 2 N–H and O–H groups in total. The van der Waals surface area contributed by atoms with Gasteiger partial charge in [0.25, 0.3) is 5.56 Å². The van der Waals surface area contributed by atoms with Crippen molar-refractivity contribution >= 4 is 22.6 Å². The molecule has 4 aromatic rings. The van der Waals surface area contributed by atoms with E-state index < -0.39 is 0 Å². The Morgan fingerprint density at radius 1 is 1.25 bits per heavy atom. The minimum absolute atomic E-state index is 0.0812. The van der Waals surface area contributed by atoms with E-state index in [9.17, 15) is 9.59 Å². The smallest absolute Gasteiger partial charge is 0.253 e. The highest BCUT2D eigenvalue weighted by atomic mass is 16.1. The van der Waals surface area contributed by atoms with Crippen LogP contribution >= 0.6 is 0 Å². The zero-order chi connectivity index (χ0) is 22.2. The second-order valence-corrected chi connectivity index (χ2v) is 8.41. The molecular formula is C26H24N4O2. The number of aromatic amines is 1. The Morgan fingerprint density at radius 2 is 2.09 bits per heavy atom. The molecule has 1 fully saturated rings. The van der Waals surface area contributed by atoms with Crippen LogP contribution < -0.4 is 10.9 Å². The molecule has 1 amide bonds. The normalized spacial score (nSPS) is 13.3. The molecule has 0 radical (unpaired) electrons. The Morgan fingerprint density at radius 3 is 2.88 bits per heavy atom. The monoisotopic (exact) mass is 424 g/mol. The SMILES string of the molecule is C=CC(=O)Nc1cccc(-c2cnc3[nH]cc(-c4cc(C)c(=O)n(CC5CC5)c4)c3c2)c1. The summed E-state index contributed by atoms with van der Waals surface area (Å²) in [6.07, 6.45) is 9.37. The van der Waals surface area contributed by atoms with E-state index in [0.29, 0.717) is 11.6 Å². The van der Waals surface area contributed by atoms with Crippen LogP contribution in [0.1, 0.15) is 18.4 Å². The number of amides is 1. The number of benzene rings is 1. The number of carbonyl (C=O) groups is 1. The van der Waals surface area contributed by atoms with Crippen molar-refractivity contribution in [2.75, 3.05) is 5.32 Å². The van der Waals surface area contributed by atoms with E-state index in [1.54, 1.807) is 0 Å². The molecule has 0 atom stereocenters. The number of anilines is 1. The molecule has 160 valence electrons. The number of H-pyrrole nitrogens is 1. The molecule has 0 bridgehead atoms. The van der Waals surface area contributed by atoms with E-state index in [1.165, 1.54) is 18.9 Å². The highest BCUT2D eigenvalue weighted by Crippen LogP contribution is 2.33. The van der Waals surface area contributed by atoms with Crippen molar-refractivity contribution in [1.29, 1.82) is 0 Å². The molecule has 3 heterocycles. The average Bonchev–Trinajstić information content (AvgIpc) is 3.52. The van der Waals surface area contributed by atoms with Gasteiger partial charge in [-0.25, -0.2) is 4.98 Å². The Balaban J connectivity index is 1.56. The number of rotatable bonds is 6. The fourth-order valence-corrected chi connectivity index (χ4v) is 4.02. The fraction of sp³-hybridized carbons (Fsp3) is 0.192. The fourth-order valence-electron chi connectivity index (χ4n) is 4.02. The quantitative estimate of drug-likeness (QED) is 0.432. The number of aromatic nitrogens is 3. The van der Waals surface area contributed by atoms with Crippen LogP contribution in [0.15, 0.2) is 72.4 Å². The van der Waals surface area contributed by atoms with Gasteiger partial charge in [-0.05, 0) is 61.6 Å². The largest absolute Gasteiger partial charge is 0.346 e. The van der Waals surface area contributed by atoms with E-state index >= 15 is 0 Å². The van der Waals surface area contributed by atoms with Crippen molar-refractivity contribution in [1.82, 2.24) is 14.5 Å². The summed E-state index contributed by atoms with van der Waals surface area (Å²) in [6, 6.07) is 11.7. The standard InChI is InChI=1S/C26H24N4O2/c1-3-24(31)29-21-6-4-5-18(10-21)19-11-22-23(13-28-25(22)27-12-19)20-9-16(2)26(32)30(15-20)14-17-7-8-17/h3-6,9-13,15,17H,1,7-8,14H2,2H3,(H,27,28)(H,29,31). The number of fused-ring (bicyclic) bond motifs is 1. The van der Waals surface area contributed by atoms with Gasteiger partial charge in [-0.3, -0.25) is 9.59 Å². The van der Waals surface area contributed by atoms with Crippen molar-refractivity contribution in [3.05, 3.63) is 83.6 Å². The highest BCUT2D eigenvalue weighted by molar-refractivity contribution is 5.99. The Bertz CT molecular complexity index is 1410. The van der Waals surface area contributed by atoms with Crippen LogP contribution in [-0.4, -0.2) is 20.4 Å². The minimum Gasteiger partial charge on any atom is -0.346 e. The van der Waals surface area contributed by atoms with Gasteiger partial charge in [0.2, 0.25) is 5.91 Å². The number of hydrogen-bond acceptors (Lipinski definition) is 3. The lowest BCUT2D eigenvalue weighted by Crippen LogP contribution is -2.22. The van der Waals surface area contributed by atoms with Crippen LogP contribution in [0.3, 0.4) is 0 Å². The van der Waals surface area contributed by atoms with Crippen LogP contribution in [0, 0.1) is 12.8 Å². The van der Waals surface area contributed by atoms with Crippen LogP contribution in [0.4, 0.5) is 5.69 Å².